The maximum atomic E-state index is 13.0. The second-order valence-electron chi connectivity index (χ2n) is 7.19. The highest BCUT2D eigenvalue weighted by Crippen LogP contribution is 2.37. The van der Waals surface area contributed by atoms with Crippen molar-refractivity contribution in [1.29, 1.82) is 0 Å². The van der Waals surface area contributed by atoms with Crippen LogP contribution in [-0.2, 0) is 6.18 Å². The van der Waals surface area contributed by atoms with Crippen molar-refractivity contribution < 1.29 is 18.0 Å². The lowest BCUT2D eigenvalue weighted by Crippen LogP contribution is -2.49. The zero-order valence-corrected chi connectivity index (χ0v) is 15.4. The number of amides is 1. The molecule has 1 aliphatic heterocycles. The highest BCUT2D eigenvalue weighted by molar-refractivity contribution is 5.91. The van der Waals surface area contributed by atoms with Crippen molar-refractivity contribution >= 4 is 11.7 Å². The standard InChI is InChI=1S/C18H19F3N6O2/c19-18(20,21)13-9-14(25-10-24-13)27(11-1-2-11)12-3-7-26(8-4-12)17(29)15-16(28)23-6-5-22-15/h5-6,9-12H,1-4,7-8H2,(H,23,28). The Balaban J connectivity index is 1.49. The van der Waals surface area contributed by atoms with E-state index in [1.165, 1.54) is 12.4 Å². The Morgan fingerprint density at radius 2 is 1.79 bits per heavy atom. The molecule has 3 heterocycles. The highest BCUT2D eigenvalue weighted by Gasteiger charge is 2.39. The summed E-state index contributed by atoms with van der Waals surface area (Å²) in [6, 6.07) is 1.10. The normalized spacial score (nSPS) is 18.0. The number of carbonyl (C=O) groups is 1. The van der Waals surface area contributed by atoms with Crippen molar-refractivity contribution in [2.45, 2.75) is 43.9 Å². The predicted octanol–water partition coefficient (Wildman–Crippen LogP) is 1.85. The molecule has 1 saturated carbocycles. The first kappa shape index (κ1) is 19.3. The van der Waals surface area contributed by atoms with Crippen LogP contribution in [0.3, 0.4) is 0 Å². The Bertz CT molecular complexity index is 951. The van der Waals surface area contributed by atoms with Gasteiger partial charge in [0.2, 0.25) is 0 Å². The summed E-state index contributed by atoms with van der Waals surface area (Å²) >= 11 is 0. The molecule has 0 atom stereocenters. The molecule has 0 spiro atoms. The number of H-pyrrole nitrogens is 1. The number of nitrogens with one attached hydrogen (secondary N) is 1. The quantitative estimate of drug-likeness (QED) is 0.830. The molecule has 0 unspecified atom stereocenters. The Hall–Kier alpha value is -2.98. The van der Waals surface area contributed by atoms with E-state index >= 15 is 0 Å². The molecule has 0 bridgehead atoms. The average Bonchev–Trinajstić information content (AvgIpc) is 3.53. The third-order valence-corrected chi connectivity index (χ3v) is 5.20. The van der Waals surface area contributed by atoms with E-state index in [0.717, 1.165) is 25.2 Å². The molecule has 0 radical (unpaired) electrons. The van der Waals surface area contributed by atoms with Crippen molar-refractivity contribution in [2.75, 3.05) is 18.0 Å². The summed E-state index contributed by atoms with van der Waals surface area (Å²) in [4.78, 5) is 41.5. The van der Waals surface area contributed by atoms with Gasteiger partial charge in [-0.25, -0.2) is 15.0 Å². The van der Waals surface area contributed by atoms with E-state index in [4.69, 9.17) is 0 Å². The fraction of sp³-hybridized carbons (Fsp3) is 0.500. The number of likely N-dealkylation sites (tertiary alicyclic amines) is 1. The predicted molar refractivity (Wildman–Crippen MR) is 96.3 cm³/mol. The van der Waals surface area contributed by atoms with E-state index in [1.807, 2.05) is 4.90 Å². The summed E-state index contributed by atoms with van der Waals surface area (Å²) in [5.74, 6) is -0.176. The van der Waals surface area contributed by atoms with Gasteiger partial charge >= 0.3 is 6.18 Å². The number of alkyl halides is 3. The molecule has 11 heteroatoms. The van der Waals surface area contributed by atoms with Gasteiger partial charge in [0.25, 0.3) is 11.5 Å². The monoisotopic (exact) mass is 408 g/mol. The number of anilines is 1. The topological polar surface area (TPSA) is 95.1 Å². The molecule has 1 saturated heterocycles. The third-order valence-electron chi connectivity index (χ3n) is 5.20. The highest BCUT2D eigenvalue weighted by atomic mass is 19.4. The Morgan fingerprint density at radius 1 is 1.10 bits per heavy atom. The molecule has 1 N–H and O–H groups in total. The molecule has 8 nitrogen and oxygen atoms in total. The van der Waals surface area contributed by atoms with Gasteiger partial charge in [-0.2, -0.15) is 13.2 Å². The summed E-state index contributed by atoms with van der Waals surface area (Å²) in [6.07, 6.45) is 2.05. The fourth-order valence-electron chi connectivity index (χ4n) is 3.67. The second-order valence-corrected chi connectivity index (χ2v) is 7.19. The van der Waals surface area contributed by atoms with Crippen LogP contribution in [-0.4, -0.2) is 55.9 Å². The zero-order chi connectivity index (χ0) is 20.6. The molecule has 154 valence electrons. The van der Waals surface area contributed by atoms with E-state index < -0.39 is 23.3 Å². The lowest BCUT2D eigenvalue weighted by atomic mass is 10.0. The van der Waals surface area contributed by atoms with Crippen LogP contribution in [0.5, 0.6) is 0 Å². The van der Waals surface area contributed by atoms with Gasteiger partial charge in [0, 0.05) is 43.6 Å². The molecule has 2 aromatic rings. The largest absolute Gasteiger partial charge is 0.433 e. The zero-order valence-electron chi connectivity index (χ0n) is 15.4. The van der Waals surface area contributed by atoms with E-state index in [2.05, 4.69) is 19.9 Å². The van der Waals surface area contributed by atoms with Gasteiger partial charge in [0.15, 0.2) is 5.69 Å². The molecular formula is C18H19F3N6O2. The van der Waals surface area contributed by atoms with Crippen LogP contribution in [0.4, 0.5) is 19.0 Å². The van der Waals surface area contributed by atoms with Crippen molar-refractivity contribution in [3.63, 3.8) is 0 Å². The summed E-state index contributed by atoms with van der Waals surface area (Å²) in [6.45, 7) is 0.778. The van der Waals surface area contributed by atoms with Crippen LogP contribution in [0.2, 0.25) is 0 Å². The van der Waals surface area contributed by atoms with Crippen LogP contribution < -0.4 is 10.5 Å². The number of hydrogen-bond acceptors (Lipinski definition) is 6. The van der Waals surface area contributed by atoms with Crippen molar-refractivity contribution in [3.8, 4) is 0 Å². The lowest BCUT2D eigenvalue weighted by molar-refractivity contribution is -0.141. The number of hydrogen-bond donors (Lipinski definition) is 1. The van der Waals surface area contributed by atoms with Crippen LogP contribution in [0, 0.1) is 0 Å². The molecular weight excluding hydrogens is 389 g/mol. The first-order valence-electron chi connectivity index (χ1n) is 9.35. The second kappa shape index (κ2) is 7.45. The summed E-state index contributed by atoms with van der Waals surface area (Å²) in [5, 5.41) is 0. The summed E-state index contributed by atoms with van der Waals surface area (Å²) < 4.78 is 39.1. The Labute approximate surface area is 163 Å². The average molecular weight is 408 g/mol. The van der Waals surface area contributed by atoms with E-state index in [-0.39, 0.29) is 23.6 Å². The number of piperidine rings is 1. The van der Waals surface area contributed by atoms with Crippen LogP contribution in [0.1, 0.15) is 41.9 Å². The minimum atomic E-state index is -4.53. The summed E-state index contributed by atoms with van der Waals surface area (Å²) in [7, 11) is 0. The molecule has 4 rings (SSSR count). The Morgan fingerprint density at radius 3 is 2.41 bits per heavy atom. The van der Waals surface area contributed by atoms with Gasteiger partial charge in [0.1, 0.15) is 17.8 Å². The van der Waals surface area contributed by atoms with Crippen molar-refractivity contribution in [3.05, 3.63) is 46.5 Å². The van der Waals surface area contributed by atoms with E-state index in [0.29, 0.717) is 25.9 Å². The third kappa shape index (κ3) is 4.08. The maximum Gasteiger partial charge on any atom is 0.433 e. The molecule has 0 aromatic carbocycles. The van der Waals surface area contributed by atoms with Crippen molar-refractivity contribution in [1.82, 2.24) is 24.8 Å². The molecule has 1 amide bonds. The fourth-order valence-corrected chi connectivity index (χ4v) is 3.67. The van der Waals surface area contributed by atoms with Crippen LogP contribution >= 0.6 is 0 Å². The SMILES string of the molecule is O=C(c1ncc[nH]c1=O)N1CCC(N(c2cc(C(F)(F)F)ncn2)C2CC2)CC1. The maximum absolute atomic E-state index is 13.0. The number of carbonyl (C=O) groups excluding carboxylic acids is 1. The van der Waals surface area contributed by atoms with Gasteiger partial charge in [-0.05, 0) is 25.7 Å². The molecule has 2 aromatic heterocycles. The molecule has 1 aliphatic carbocycles. The first-order chi connectivity index (χ1) is 13.8. The molecule has 29 heavy (non-hydrogen) atoms. The number of nitrogens with zero attached hydrogens (tertiary/aromatic N) is 5. The minimum absolute atomic E-state index is 0.0375. The minimum Gasteiger partial charge on any atom is -0.350 e. The Kier molecular flexibility index (Phi) is 4.97. The first-order valence-corrected chi connectivity index (χ1v) is 9.35. The van der Waals surface area contributed by atoms with E-state index in [1.54, 1.807) is 4.90 Å². The van der Waals surface area contributed by atoms with Crippen LogP contribution in [0.25, 0.3) is 0 Å². The number of aromatic amines is 1. The van der Waals surface area contributed by atoms with E-state index in [9.17, 15) is 22.8 Å². The van der Waals surface area contributed by atoms with Crippen molar-refractivity contribution in [2.24, 2.45) is 0 Å². The number of aromatic nitrogens is 4. The van der Waals surface area contributed by atoms with Gasteiger partial charge in [-0.15, -0.1) is 0 Å². The summed E-state index contributed by atoms with van der Waals surface area (Å²) in [5.41, 5.74) is -1.66. The van der Waals surface area contributed by atoms with Gasteiger partial charge in [-0.1, -0.05) is 0 Å². The van der Waals surface area contributed by atoms with Gasteiger partial charge < -0.3 is 14.8 Å². The smallest absolute Gasteiger partial charge is 0.350 e. The van der Waals surface area contributed by atoms with Gasteiger partial charge in [0.05, 0.1) is 0 Å². The molecule has 2 fully saturated rings. The van der Waals surface area contributed by atoms with Crippen LogP contribution in [0.15, 0.2) is 29.6 Å². The molecule has 2 aliphatic rings. The number of rotatable bonds is 4. The van der Waals surface area contributed by atoms with Gasteiger partial charge in [-0.3, -0.25) is 9.59 Å². The number of halogens is 3. The lowest BCUT2D eigenvalue weighted by Gasteiger charge is -2.39.